The van der Waals surface area contributed by atoms with Gasteiger partial charge in [0.05, 0.1) is 17.4 Å². The van der Waals surface area contributed by atoms with Crippen molar-refractivity contribution < 1.29 is 9.90 Å². The van der Waals surface area contributed by atoms with Crippen LogP contribution in [0.5, 0.6) is 0 Å². The molecule has 0 bridgehead atoms. The van der Waals surface area contributed by atoms with Crippen LogP contribution in [0.2, 0.25) is 0 Å². The van der Waals surface area contributed by atoms with Crippen LogP contribution in [0.25, 0.3) is 0 Å². The molecule has 0 radical (unpaired) electrons. The van der Waals surface area contributed by atoms with Gasteiger partial charge in [0.1, 0.15) is 0 Å². The molecule has 2 atom stereocenters. The fraction of sp³-hybridized carbons (Fsp3) is 0.692. The molecule has 1 aromatic heterocycles. The molecule has 1 aromatic rings. The number of aryl methyl sites for hydroxylation is 2. The Hall–Kier alpha value is -1.36. The third-order valence-electron chi connectivity index (χ3n) is 3.92. The van der Waals surface area contributed by atoms with E-state index in [1.165, 1.54) is 0 Å². The topological polar surface area (TPSA) is 58.4 Å². The Labute approximate surface area is 107 Å². The van der Waals surface area contributed by atoms with E-state index in [2.05, 4.69) is 5.10 Å². The number of rotatable bonds is 2. The van der Waals surface area contributed by atoms with E-state index in [-0.39, 0.29) is 17.9 Å². The molecule has 0 saturated carbocycles. The van der Waals surface area contributed by atoms with Crippen LogP contribution in [0.3, 0.4) is 0 Å². The average Bonchev–Trinajstić information content (AvgIpc) is 2.85. The molecule has 5 heteroatoms. The lowest BCUT2D eigenvalue weighted by atomic mass is 10.0. The zero-order valence-electron chi connectivity index (χ0n) is 11.5. The van der Waals surface area contributed by atoms with E-state index in [0.717, 1.165) is 24.4 Å². The second kappa shape index (κ2) is 4.72. The number of aliphatic hydroxyl groups excluding tert-OH is 1. The monoisotopic (exact) mass is 251 g/mol. The molecule has 2 rings (SSSR count). The van der Waals surface area contributed by atoms with Crippen molar-refractivity contribution in [3.63, 3.8) is 0 Å². The van der Waals surface area contributed by atoms with Crippen molar-refractivity contribution in [3.05, 3.63) is 17.0 Å². The Balaban J connectivity index is 2.18. The van der Waals surface area contributed by atoms with Crippen molar-refractivity contribution in [1.82, 2.24) is 14.7 Å². The minimum absolute atomic E-state index is 0.0428. The number of aromatic nitrogens is 2. The van der Waals surface area contributed by atoms with Crippen LogP contribution in [-0.4, -0.2) is 44.9 Å². The zero-order chi connectivity index (χ0) is 13.4. The number of likely N-dealkylation sites (tertiary alicyclic amines) is 1. The SMILES string of the molecule is Cc1nn(C)c(C)c1C(=O)N1CCC(C(C)O)C1. The van der Waals surface area contributed by atoms with Crippen LogP contribution in [0.1, 0.15) is 35.1 Å². The highest BCUT2D eigenvalue weighted by Crippen LogP contribution is 2.23. The predicted octanol–water partition coefficient (Wildman–Crippen LogP) is 0.880. The Bertz CT molecular complexity index is 465. The summed E-state index contributed by atoms with van der Waals surface area (Å²) in [6.45, 7) is 6.93. The molecule has 1 aliphatic heterocycles. The van der Waals surface area contributed by atoms with Gasteiger partial charge in [0, 0.05) is 31.7 Å². The molecule has 5 nitrogen and oxygen atoms in total. The Morgan fingerprint density at radius 3 is 2.61 bits per heavy atom. The van der Waals surface area contributed by atoms with Crippen molar-refractivity contribution in [2.24, 2.45) is 13.0 Å². The van der Waals surface area contributed by atoms with Gasteiger partial charge in [-0.25, -0.2) is 0 Å². The van der Waals surface area contributed by atoms with E-state index in [4.69, 9.17) is 0 Å². The minimum Gasteiger partial charge on any atom is -0.393 e. The van der Waals surface area contributed by atoms with Crippen LogP contribution in [0, 0.1) is 19.8 Å². The number of aliphatic hydroxyl groups is 1. The molecule has 1 aliphatic rings. The summed E-state index contributed by atoms with van der Waals surface area (Å²) in [5.74, 6) is 0.243. The standard InChI is InChI=1S/C13H21N3O2/c1-8-12(9(2)15(4)14-8)13(18)16-6-5-11(7-16)10(3)17/h10-11,17H,5-7H2,1-4H3. The normalized spacial score (nSPS) is 21.4. The number of carbonyl (C=O) groups excluding carboxylic acids is 1. The maximum Gasteiger partial charge on any atom is 0.257 e. The summed E-state index contributed by atoms with van der Waals surface area (Å²) < 4.78 is 1.74. The lowest BCUT2D eigenvalue weighted by Crippen LogP contribution is -2.31. The number of carbonyl (C=O) groups is 1. The van der Waals surface area contributed by atoms with Crippen LogP contribution >= 0.6 is 0 Å². The first-order valence-electron chi connectivity index (χ1n) is 6.39. The Morgan fingerprint density at radius 2 is 2.17 bits per heavy atom. The summed E-state index contributed by atoms with van der Waals surface area (Å²) >= 11 is 0. The molecule has 100 valence electrons. The van der Waals surface area contributed by atoms with Crippen LogP contribution in [0.15, 0.2) is 0 Å². The summed E-state index contributed by atoms with van der Waals surface area (Å²) in [4.78, 5) is 14.3. The molecule has 18 heavy (non-hydrogen) atoms. The molecular formula is C13H21N3O2. The minimum atomic E-state index is -0.348. The first-order chi connectivity index (χ1) is 8.41. The molecular weight excluding hydrogens is 230 g/mol. The number of hydrogen-bond donors (Lipinski definition) is 1. The number of amides is 1. The first-order valence-corrected chi connectivity index (χ1v) is 6.39. The third kappa shape index (κ3) is 2.14. The van der Waals surface area contributed by atoms with E-state index in [0.29, 0.717) is 12.1 Å². The van der Waals surface area contributed by atoms with E-state index >= 15 is 0 Å². The molecule has 0 aliphatic carbocycles. The number of nitrogens with zero attached hydrogens (tertiary/aromatic N) is 3. The highest BCUT2D eigenvalue weighted by atomic mass is 16.3. The van der Waals surface area contributed by atoms with Gasteiger partial charge in [0.15, 0.2) is 0 Å². The molecule has 2 heterocycles. The molecule has 1 N–H and O–H groups in total. The van der Waals surface area contributed by atoms with Gasteiger partial charge in [0.2, 0.25) is 0 Å². The van der Waals surface area contributed by atoms with Crippen LogP contribution in [0.4, 0.5) is 0 Å². The fourth-order valence-electron chi connectivity index (χ4n) is 2.61. The highest BCUT2D eigenvalue weighted by molar-refractivity contribution is 5.96. The zero-order valence-corrected chi connectivity index (χ0v) is 11.5. The van der Waals surface area contributed by atoms with Gasteiger partial charge in [-0.3, -0.25) is 9.48 Å². The summed E-state index contributed by atoms with van der Waals surface area (Å²) in [5.41, 5.74) is 2.39. The number of hydrogen-bond acceptors (Lipinski definition) is 3. The van der Waals surface area contributed by atoms with Gasteiger partial charge in [-0.15, -0.1) is 0 Å². The molecule has 2 unspecified atom stereocenters. The molecule has 1 fully saturated rings. The Kier molecular flexibility index (Phi) is 3.43. The van der Waals surface area contributed by atoms with E-state index in [1.54, 1.807) is 11.6 Å². The van der Waals surface area contributed by atoms with E-state index in [9.17, 15) is 9.90 Å². The second-order valence-corrected chi connectivity index (χ2v) is 5.21. The summed E-state index contributed by atoms with van der Waals surface area (Å²) in [6, 6.07) is 0. The lowest BCUT2D eigenvalue weighted by molar-refractivity contribution is 0.0761. The largest absolute Gasteiger partial charge is 0.393 e. The van der Waals surface area contributed by atoms with Gasteiger partial charge in [0.25, 0.3) is 5.91 Å². The quantitative estimate of drug-likeness (QED) is 0.849. The smallest absolute Gasteiger partial charge is 0.257 e. The van der Waals surface area contributed by atoms with Gasteiger partial charge < -0.3 is 10.0 Å². The van der Waals surface area contributed by atoms with Gasteiger partial charge in [-0.2, -0.15) is 5.10 Å². The molecule has 1 saturated heterocycles. The van der Waals surface area contributed by atoms with Crippen molar-refractivity contribution in [1.29, 1.82) is 0 Å². The van der Waals surface area contributed by atoms with Gasteiger partial charge in [-0.1, -0.05) is 0 Å². The van der Waals surface area contributed by atoms with Gasteiger partial charge >= 0.3 is 0 Å². The predicted molar refractivity (Wildman–Crippen MR) is 68.4 cm³/mol. The molecule has 1 amide bonds. The van der Waals surface area contributed by atoms with E-state index in [1.807, 2.05) is 25.8 Å². The van der Waals surface area contributed by atoms with Gasteiger partial charge in [-0.05, 0) is 27.2 Å². The molecule has 0 spiro atoms. The maximum absolute atomic E-state index is 12.5. The van der Waals surface area contributed by atoms with Crippen molar-refractivity contribution in [2.75, 3.05) is 13.1 Å². The van der Waals surface area contributed by atoms with Crippen molar-refractivity contribution >= 4 is 5.91 Å². The summed E-state index contributed by atoms with van der Waals surface area (Å²) in [6.07, 6.45) is 0.529. The summed E-state index contributed by atoms with van der Waals surface area (Å²) in [7, 11) is 1.85. The first kappa shape index (κ1) is 13.1. The van der Waals surface area contributed by atoms with E-state index < -0.39 is 0 Å². The molecule has 0 aromatic carbocycles. The maximum atomic E-state index is 12.5. The lowest BCUT2D eigenvalue weighted by Gasteiger charge is -2.18. The van der Waals surface area contributed by atoms with Crippen LogP contribution in [-0.2, 0) is 7.05 Å². The third-order valence-corrected chi connectivity index (χ3v) is 3.92. The Morgan fingerprint density at radius 1 is 1.50 bits per heavy atom. The fourth-order valence-corrected chi connectivity index (χ4v) is 2.61. The van der Waals surface area contributed by atoms with Crippen LogP contribution < -0.4 is 0 Å². The van der Waals surface area contributed by atoms with Crippen molar-refractivity contribution in [2.45, 2.75) is 33.3 Å². The highest BCUT2D eigenvalue weighted by Gasteiger charge is 2.31. The second-order valence-electron chi connectivity index (χ2n) is 5.21. The van der Waals surface area contributed by atoms with Crippen molar-refractivity contribution in [3.8, 4) is 0 Å². The average molecular weight is 251 g/mol. The summed E-state index contributed by atoms with van der Waals surface area (Å²) in [5, 5.41) is 13.9.